The van der Waals surface area contributed by atoms with E-state index in [-0.39, 0.29) is 17.9 Å². The van der Waals surface area contributed by atoms with Gasteiger partial charge in [-0.3, -0.25) is 4.79 Å². The van der Waals surface area contributed by atoms with Crippen molar-refractivity contribution >= 4 is 16.9 Å². The van der Waals surface area contributed by atoms with Crippen LogP contribution in [-0.4, -0.2) is 29.9 Å². The number of amides is 1. The number of hydrogen-bond acceptors (Lipinski definition) is 3. The third-order valence-corrected chi connectivity index (χ3v) is 5.56. The maximum atomic E-state index is 13.2. The molecule has 2 atom stereocenters. The first-order chi connectivity index (χ1) is 12.5. The average Bonchev–Trinajstić information content (AvgIpc) is 3.20. The Kier molecular flexibility index (Phi) is 4.08. The van der Waals surface area contributed by atoms with E-state index in [2.05, 4.69) is 25.1 Å². The lowest BCUT2D eigenvalue weighted by molar-refractivity contribution is 0.0759. The second-order valence-corrected chi connectivity index (χ2v) is 7.35. The molecule has 0 saturated carbocycles. The van der Waals surface area contributed by atoms with Gasteiger partial charge in [0.1, 0.15) is 5.58 Å². The van der Waals surface area contributed by atoms with Gasteiger partial charge in [0.15, 0.2) is 5.76 Å². The number of benzene rings is 2. The van der Waals surface area contributed by atoms with Crippen LogP contribution in [0.1, 0.15) is 38.7 Å². The van der Waals surface area contributed by atoms with Crippen LogP contribution < -0.4 is 5.73 Å². The van der Waals surface area contributed by atoms with Crippen LogP contribution in [0, 0.1) is 20.8 Å². The van der Waals surface area contributed by atoms with Crippen molar-refractivity contribution in [1.29, 1.82) is 0 Å². The van der Waals surface area contributed by atoms with Crippen molar-refractivity contribution in [3.05, 3.63) is 70.5 Å². The van der Waals surface area contributed by atoms with E-state index in [1.54, 1.807) is 0 Å². The highest BCUT2D eigenvalue weighted by Crippen LogP contribution is 2.33. The lowest BCUT2D eigenvalue weighted by atomic mass is 9.95. The van der Waals surface area contributed by atoms with Gasteiger partial charge in [-0.1, -0.05) is 42.5 Å². The quantitative estimate of drug-likeness (QED) is 0.763. The van der Waals surface area contributed by atoms with Gasteiger partial charge in [0, 0.05) is 36.0 Å². The average molecular weight is 348 g/mol. The second kappa shape index (κ2) is 6.29. The molecule has 4 nitrogen and oxygen atoms in total. The molecule has 0 radical (unpaired) electrons. The molecule has 1 amide bonds. The van der Waals surface area contributed by atoms with Crippen LogP contribution in [0.15, 0.2) is 46.9 Å². The summed E-state index contributed by atoms with van der Waals surface area (Å²) in [5.74, 6) is 0.540. The third-order valence-electron chi connectivity index (χ3n) is 5.56. The lowest BCUT2D eigenvalue weighted by Crippen LogP contribution is -2.32. The third kappa shape index (κ3) is 2.61. The van der Waals surface area contributed by atoms with Crippen molar-refractivity contribution in [1.82, 2.24) is 4.90 Å². The zero-order valence-corrected chi connectivity index (χ0v) is 15.5. The largest absolute Gasteiger partial charge is 0.450 e. The summed E-state index contributed by atoms with van der Waals surface area (Å²) in [6.07, 6.45) is 0. The summed E-state index contributed by atoms with van der Waals surface area (Å²) >= 11 is 0. The Morgan fingerprint density at radius 3 is 2.42 bits per heavy atom. The Morgan fingerprint density at radius 1 is 1.04 bits per heavy atom. The first-order valence-corrected chi connectivity index (χ1v) is 9.06. The number of carbonyl (C=O) groups is 1. The molecule has 0 aliphatic carbocycles. The molecule has 1 aliphatic heterocycles. The number of aryl methyl sites for hydroxylation is 3. The number of carbonyl (C=O) groups excluding carboxylic acids is 1. The monoisotopic (exact) mass is 348 g/mol. The van der Waals surface area contributed by atoms with E-state index in [1.807, 2.05) is 43.0 Å². The van der Waals surface area contributed by atoms with Gasteiger partial charge in [-0.25, -0.2) is 0 Å². The molecule has 4 heteroatoms. The summed E-state index contributed by atoms with van der Waals surface area (Å²) in [5, 5.41) is 1.05. The number of nitrogens with zero attached hydrogens (tertiary/aromatic N) is 1. The van der Waals surface area contributed by atoms with Crippen molar-refractivity contribution in [2.75, 3.05) is 13.1 Å². The molecule has 26 heavy (non-hydrogen) atoms. The Hall–Kier alpha value is -2.59. The predicted octanol–water partition coefficient (Wildman–Crippen LogP) is 3.92. The van der Waals surface area contributed by atoms with Crippen LogP contribution in [0.4, 0.5) is 0 Å². The molecule has 1 aliphatic rings. The summed E-state index contributed by atoms with van der Waals surface area (Å²) in [7, 11) is 0. The number of nitrogens with two attached hydrogens (primary N) is 1. The Labute approximate surface area is 153 Å². The normalized spacial score (nSPS) is 20.1. The zero-order chi connectivity index (χ0) is 18.4. The zero-order valence-electron chi connectivity index (χ0n) is 15.5. The van der Waals surface area contributed by atoms with Crippen molar-refractivity contribution in [3.8, 4) is 0 Å². The number of likely N-dealkylation sites (tertiary alicyclic amines) is 1. The second-order valence-electron chi connectivity index (χ2n) is 7.35. The van der Waals surface area contributed by atoms with Crippen molar-refractivity contribution in [2.24, 2.45) is 5.73 Å². The van der Waals surface area contributed by atoms with Gasteiger partial charge >= 0.3 is 0 Å². The van der Waals surface area contributed by atoms with Gasteiger partial charge in [0.05, 0.1) is 0 Å². The van der Waals surface area contributed by atoms with Gasteiger partial charge in [-0.2, -0.15) is 0 Å². The van der Waals surface area contributed by atoms with E-state index in [1.165, 1.54) is 5.56 Å². The molecule has 0 spiro atoms. The van der Waals surface area contributed by atoms with Crippen LogP contribution >= 0.6 is 0 Å². The maximum absolute atomic E-state index is 13.2. The van der Waals surface area contributed by atoms with Crippen LogP contribution in [-0.2, 0) is 0 Å². The van der Waals surface area contributed by atoms with E-state index in [0.29, 0.717) is 18.8 Å². The minimum absolute atomic E-state index is 0.0606. The molecule has 1 fully saturated rings. The maximum Gasteiger partial charge on any atom is 0.289 e. The lowest BCUT2D eigenvalue weighted by Gasteiger charge is -2.15. The highest BCUT2D eigenvalue weighted by molar-refractivity contribution is 6.00. The number of fused-ring (bicyclic) bond motifs is 1. The van der Waals surface area contributed by atoms with E-state index < -0.39 is 0 Å². The molecule has 2 heterocycles. The van der Waals surface area contributed by atoms with Crippen LogP contribution in [0.2, 0.25) is 0 Å². The van der Waals surface area contributed by atoms with E-state index in [4.69, 9.17) is 10.2 Å². The summed E-state index contributed by atoms with van der Waals surface area (Å²) < 4.78 is 6.03. The summed E-state index contributed by atoms with van der Waals surface area (Å²) in [6, 6.07) is 14.2. The van der Waals surface area contributed by atoms with Crippen molar-refractivity contribution < 1.29 is 9.21 Å². The summed E-state index contributed by atoms with van der Waals surface area (Å²) in [5.41, 5.74) is 11.5. The fraction of sp³-hybridized carbons (Fsp3) is 0.318. The molecular formula is C22H24N2O2. The van der Waals surface area contributed by atoms with Gasteiger partial charge < -0.3 is 15.1 Å². The SMILES string of the molecule is Cc1ccc(C)c2c(C)c(C(=O)N3C[C@@H](N)[C@H](c4ccccc4)C3)oc12. The number of furan rings is 1. The highest BCUT2D eigenvalue weighted by atomic mass is 16.3. The summed E-state index contributed by atoms with van der Waals surface area (Å²) in [6.45, 7) is 7.20. The minimum Gasteiger partial charge on any atom is -0.450 e. The molecule has 1 saturated heterocycles. The Balaban J connectivity index is 1.67. The molecular weight excluding hydrogens is 324 g/mol. The molecule has 0 unspecified atom stereocenters. The highest BCUT2D eigenvalue weighted by Gasteiger charge is 2.36. The summed E-state index contributed by atoms with van der Waals surface area (Å²) in [4.78, 5) is 15.0. The van der Waals surface area contributed by atoms with Crippen LogP contribution in [0.3, 0.4) is 0 Å². The van der Waals surface area contributed by atoms with Crippen molar-refractivity contribution in [3.63, 3.8) is 0 Å². The van der Waals surface area contributed by atoms with Crippen LogP contribution in [0.25, 0.3) is 11.0 Å². The standard InChI is InChI=1S/C22H24N2O2/c1-13-9-10-14(2)20-19(13)15(3)21(26-20)22(25)24-11-17(18(23)12-24)16-7-5-4-6-8-16/h4-10,17-18H,11-12,23H2,1-3H3/t17-,18+/m0/s1. The number of hydrogen-bond donors (Lipinski definition) is 1. The van der Waals surface area contributed by atoms with Crippen LogP contribution in [0.5, 0.6) is 0 Å². The van der Waals surface area contributed by atoms with Crippen molar-refractivity contribution in [2.45, 2.75) is 32.7 Å². The van der Waals surface area contributed by atoms with E-state index in [0.717, 1.165) is 27.7 Å². The molecule has 2 aromatic carbocycles. The van der Waals surface area contributed by atoms with Gasteiger partial charge in [0.2, 0.25) is 0 Å². The first-order valence-electron chi connectivity index (χ1n) is 9.06. The minimum atomic E-state index is -0.0635. The molecule has 4 rings (SSSR count). The van der Waals surface area contributed by atoms with Gasteiger partial charge in [-0.15, -0.1) is 0 Å². The fourth-order valence-corrected chi connectivity index (χ4v) is 4.07. The molecule has 134 valence electrons. The predicted molar refractivity (Wildman–Crippen MR) is 103 cm³/mol. The topological polar surface area (TPSA) is 59.5 Å². The molecule has 3 aromatic rings. The Bertz CT molecular complexity index is 975. The number of rotatable bonds is 2. The molecule has 2 N–H and O–H groups in total. The van der Waals surface area contributed by atoms with Gasteiger partial charge in [0.25, 0.3) is 5.91 Å². The first kappa shape index (κ1) is 16.9. The van der Waals surface area contributed by atoms with Gasteiger partial charge in [-0.05, 0) is 37.5 Å². The Morgan fingerprint density at radius 2 is 1.73 bits per heavy atom. The fourth-order valence-electron chi connectivity index (χ4n) is 4.07. The van der Waals surface area contributed by atoms with E-state index >= 15 is 0 Å². The molecule has 1 aromatic heterocycles. The van der Waals surface area contributed by atoms with E-state index in [9.17, 15) is 4.79 Å². The smallest absolute Gasteiger partial charge is 0.289 e. The molecule has 0 bridgehead atoms.